The van der Waals surface area contributed by atoms with Crippen LogP contribution in [0.5, 0.6) is 0 Å². The Hall–Kier alpha value is -2.12. The monoisotopic (exact) mass is 373 g/mol. The van der Waals surface area contributed by atoms with Crippen molar-refractivity contribution in [2.45, 2.75) is 45.9 Å². The SMILES string of the molecule is Cc1nc2ccccc2n1CCNC(=O)N1CCN(CC(C)(C)O)C(C)C1. The van der Waals surface area contributed by atoms with Gasteiger partial charge in [0.25, 0.3) is 0 Å². The van der Waals surface area contributed by atoms with Gasteiger partial charge in [0.1, 0.15) is 5.82 Å². The summed E-state index contributed by atoms with van der Waals surface area (Å²) in [5.74, 6) is 0.958. The van der Waals surface area contributed by atoms with Crippen LogP contribution in [0.2, 0.25) is 0 Å². The van der Waals surface area contributed by atoms with Gasteiger partial charge in [-0.1, -0.05) is 12.1 Å². The van der Waals surface area contributed by atoms with Crippen LogP contribution in [-0.2, 0) is 6.54 Å². The Morgan fingerprint density at radius 3 is 2.78 bits per heavy atom. The number of piperazine rings is 1. The second kappa shape index (κ2) is 7.86. The van der Waals surface area contributed by atoms with Crippen LogP contribution >= 0.6 is 0 Å². The predicted molar refractivity (Wildman–Crippen MR) is 107 cm³/mol. The average Bonchev–Trinajstić information content (AvgIpc) is 2.91. The molecule has 2 N–H and O–H groups in total. The number of β-amino-alcohol motifs (C(OH)–C–C–N with tert-alkyl or cyclic N) is 1. The Morgan fingerprint density at radius 1 is 1.33 bits per heavy atom. The summed E-state index contributed by atoms with van der Waals surface area (Å²) in [4.78, 5) is 21.2. The summed E-state index contributed by atoms with van der Waals surface area (Å²) in [5, 5.41) is 13.1. The maximum atomic E-state index is 12.5. The van der Waals surface area contributed by atoms with Gasteiger partial charge in [-0.15, -0.1) is 0 Å². The molecule has 2 amide bonds. The number of para-hydroxylation sites is 2. The van der Waals surface area contributed by atoms with Crippen LogP contribution in [0.15, 0.2) is 24.3 Å². The molecule has 7 nitrogen and oxygen atoms in total. The van der Waals surface area contributed by atoms with Crippen molar-refractivity contribution in [2.75, 3.05) is 32.7 Å². The van der Waals surface area contributed by atoms with E-state index >= 15 is 0 Å². The lowest BCUT2D eigenvalue weighted by molar-refractivity contribution is 0.00293. The van der Waals surface area contributed by atoms with Crippen molar-refractivity contribution in [2.24, 2.45) is 0 Å². The molecule has 1 unspecified atom stereocenters. The van der Waals surface area contributed by atoms with E-state index in [4.69, 9.17) is 0 Å². The molecule has 2 heterocycles. The van der Waals surface area contributed by atoms with Crippen LogP contribution in [0, 0.1) is 6.92 Å². The van der Waals surface area contributed by atoms with Crippen molar-refractivity contribution in [3.8, 4) is 0 Å². The quantitative estimate of drug-likeness (QED) is 0.839. The Morgan fingerprint density at radius 2 is 2.07 bits per heavy atom. The van der Waals surface area contributed by atoms with Gasteiger partial charge in [-0.2, -0.15) is 0 Å². The summed E-state index contributed by atoms with van der Waals surface area (Å²) in [6, 6.07) is 8.27. The number of hydrogen-bond donors (Lipinski definition) is 2. The molecule has 1 aromatic heterocycles. The highest BCUT2D eigenvalue weighted by atomic mass is 16.3. The summed E-state index contributed by atoms with van der Waals surface area (Å²) in [7, 11) is 0. The van der Waals surface area contributed by atoms with Gasteiger partial charge < -0.3 is 19.9 Å². The zero-order chi connectivity index (χ0) is 19.6. The fraction of sp³-hybridized carbons (Fsp3) is 0.600. The molecule has 1 fully saturated rings. The fourth-order valence-electron chi connectivity index (χ4n) is 3.78. The lowest BCUT2D eigenvalue weighted by atomic mass is 10.1. The fourth-order valence-corrected chi connectivity index (χ4v) is 3.78. The number of carbonyl (C=O) groups is 1. The van der Waals surface area contributed by atoms with Crippen LogP contribution in [0.4, 0.5) is 4.79 Å². The molecule has 0 aliphatic carbocycles. The van der Waals surface area contributed by atoms with Crippen molar-refractivity contribution in [3.63, 3.8) is 0 Å². The third kappa shape index (κ3) is 4.78. The van der Waals surface area contributed by atoms with Crippen LogP contribution in [0.25, 0.3) is 11.0 Å². The number of nitrogens with one attached hydrogen (secondary N) is 1. The average molecular weight is 374 g/mol. The van der Waals surface area contributed by atoms with Crippen molar-refractivity contribution in [3.05, 3.63) is 30.1 Å². The molecule has 1 saturated heterocycles. The zero-order valence-corrected chi connectivity index (χ0v) is 16.8. The smallest absolute Gasteiger partial charge is 0.317 e. The minimum atomic E-state index is -0.718. The van der Waals surface area contributed by atoms with Gasteiger partial charge in [0.05, 0.1) is 16.6 Å². The van der Waals surface area contributed by atoms with E-state index in [9.17, 15) is 9.90 Å². The van der Waals surface area contributed by atoms with Gasteiger partial charge in [-0.25, -0.2) is 9.78 Å². The topological polar surface area (TPSA) is 73.6 Å². The molecular formula is C20H31N5O2. The van der Waals surface area contributed by atoms with Crippen molar-refractivity contribution < 1.29 is 9.90 Å². The molecule has 27 heavy (non-hydrogen) atoms. The molecule has 7 heteroatoms. The molecule has 0 spiro atoms. The molecule has 1 atom stereocenters. The highest BCUT2D eigenvalue weighted by molar-refractivity contribution is 5.76. The first kappa shape index (κ1) is 19.6. The number of amides is 2. The molecule has 1 aliphatic rings. The lowest BCUT2D eigenvalue weighted by Crippen LogP contribution is -2.58. The van der Waals surface area contributed by atoms with E-state index in [1.54, 1.807) is 0 Å². The molecular weight excluding hydrogens is 342 g/mol. The Bertz CT molecular complexity index is 795. The minimum Gasteiger partial charge on any atom is -0.389 e. The molecule has 2 aromatic rings. The number of nitrogens with zero attached hydrogens (tertiary/aromatic N) is 4. The van der Waals surface area contributed by atoms with Gasteiger partial charge in [0, 0.05) is 45.3 Å². The van der Waals surface area contributed by atoms with Crippen LogP contribution in [-0.4, -0.2) is 74.9 Å². The van der Waals surface area contributed by atoms with Crippen molar-refractivity contribution in [1.29, 1.82) is 0 Å². The Labute approximate surface area is 161 Å². The van der Waals surface area contributed by atoms with E-state index in [1.165, 1.54) is 0 Å². The second-order valence-corrected chi connectivity index (χ2v) is 8.11. The predicted octanol–water partition coefficient (Wildman–Crippen LogP) is 1.83. The molecule has 0 bridgehead atoms. The van der Waals surface area contributed by atoms with Gasteiger partial charge in [-0.05, 0) is 39.8 Å². The summed E-state index contributed by atoms with van der Waals surface area (Å²) < 4.78 is 2.14. The van der Waals surface area contributed by atoms with E-state index in [0.29, 0.717) is 32.7 Å². The number of benzene rings is 1. The van der Waals surface area contributed by atoms with E-state index in [1.807, 2.05) is 43.9 Å². The number of imidazole rings is 1. The number of rotatable bonds is 5. The summed E-state index contributed by atoms with van der Waals surface area (Å²) in [6.45, 7) is 11.8. The molecule has 1 aromatic carbocycles. The van der Waals surface area contributed by atoms with Gasteiger partial charge in [0.15, 0.2) is 0 Å². The summed E-state index contributed by atoms with van der Waals surface area (Å²) in [6.07, 6.45) is 0. The van der Waals surface area contributed by atoms with Crippen LogP contribution in [0.1, 0.15) is 26.6 Å². The third-order valence-corrected chi connectivity index (χ3v) is 5.10. The Kier molecular flexibility index (Phi) is 5.72. The highest BCUT2D eigenvalue weighted by Gasteiger charge is 2.29. The number of fused-ring (bicyclic) bond motifs is 1. The number of urea groups is 1. The van der Waals surface area contributed by atoms with Crippen molar-refractivity contribution >= 4 is 17.1 Å². The van der Waals surface area contributed by atoms with Gasteiger partial charge in [0.2, 0.25) is 0 Å². The third-order valence-electron chi connectivity index (χ3n) is 5.10. The first-order valence-electron chi connectivity index (χ1n) is 9.66. The van der Waals surface area contributed by atoms with Crippen LogP contribution < -0.4 is 5.32 Å². The first-order chi connectivity index (χ1) is 12.7. The first-order valence-corrected chi connectivity index (χ1v) is 9.66. The maximum absolute atomic E-state index is 12.5. The number of aromatic nitrogens is 2. The normalized spacial score (nSPS) is 18.9. The van der Waals surface area contributed by atoms with E-state index in [-0.39, 0.29) is 12.1 Å². The minimum absolute atomic E-state index is 0.0215. The molecule has 1 aliphatic heterocycles. The standard InChI is InChI=1S/C20H31N5O2/c1-15-13-23(11-12-24(15)14-20(3,4)27)19(26)21-9-10-25-16(2)22-17-7-5-6-8-18(17)25/h5-8,15,27H,9-14H2,1-4H3,(H,21,26). The number of hydrogen-bond acceptors (Lipinski definition) is 4. The second-order valence-electron chi connectivity index (χ2n) is 8.11. The molecule has 0 saturated carbocycles. The Balaban J connectivity index is 1.51. The van der Waals surface area contributed by atoms with E-state index in [2.05, 4.69) is 32.8 Å². The lowest BCUT2D eigenvalue weighted by Gasteiger charge is -2.41. The molecule has 148 valence electrons. The number of carbonyl (C=O) groups excluding carboxylic acids is 1. The van der Waals surface area contributed by atoms with Crippen molar-refractivity contribution in [1.82, 2.24) is 24.7 Å². The zero-order valence-electron chi connectivity index (χ0n) is 16.8. The number of aliphatic hydroxyl groups is 1. The highest BCUT2D eigenvalue weighted by Crippen LogP contribution is 2.16. The maximum Gasteiger partial charge on any atom is 0.317 e. The van der Waals surface area contributed by atoms with Crippen LogP contribution in [0.3, 0.4) is 0 Å². The van der Waals surface area contributed by atoms with E-state index < -0.39 is 5.60 Å². The van der Waals surface area contributed by atoms with Gasteiger partial charge >= 0.3 is 6.03 Å². The molecule has 0 radical (unpaired) electrons. The summed E-state index contributed by atoms with van der Waals surface area (Å²) >= 11 is 0. The van der Waals surface area contributed by atoms with Gasteiger partial charge in [-0.3, -0.25) is 4.90 Å². The largest absolute Gasteiger partial charge is 0.389 e. The molecule has 3 rings (SSSR count). The summed E-state index contributed by atoms with van der Waals surface area (Å²) in [5.41, 5.74) is 1.36. The number of aryl methyl sites for hydroxylation is 1. The van der Waals surface area contributed by atoms with E-state index in [0.717, 1.165) is 23.4 Å².